The molecular weight excluding hydrogens is 386 g/mol. The summed E-state index contributed by atoms with van der Waals surface area (Å²) in [4.78, 5) is 21.5. The molecule has 2 heterocycles. The minimum absolute atomic E-state index is 0.156. The lowest BCUT2D eigenvalue weighted by atomic mass is 10.2. The Morgan fingerprint density at radius 2 is 1.97 bits per heavy atom. The van der Waals surface area contributed by atoms with Crippen LogP contribution < -0.4 is 15.0 Å². The van der Waals surface area contributed by atoms with Crippen LogP contribution in [0.3, 0.4) is 0 Å². The lowest BCUT2D eigenvalue weighted by Crippen LogP contribution is -2.20. The van der Waals surface area contributed by atoms with Gasteiger partial charge >= 0.3 is 0 Å². The molecule has 3 rings (SSSR count). The van der Waals surface area contributed by atoms with Crippen molar-refractivity contribution in [3.63, 3.8) is 0 Å². The molecule has 0 aliphatic heterocycles. The number of thioether (sulfide) groups is 1. The third-order valence-corrected chi connectivity index (χ3v) is 5.09. The van der Waals surface area contributed by atoms with Crippen molar-refractivity contribution in [2.45, 2.75) is 25.3 Å². The lowest BCUT2D eigenvalue weighted by molar-refractivity contribution is 0.257. The Morgan fingerprint density at radius 1 is 1.10 bits per heavy atom. The summed E-state index contributed by atoms with van der Waals surface area (Å²) in [6.45, 7) is 4.77. The molecule has 0 saturated carbocycles. The summed E-state index contributed by atoms with van der Waals surface area (Å²) >= 11 is 1.43. The molecule has 3 aromatic rings. The van der Waals surface area contributed by atoms with Crippen LogP contribution in [0.4, 0.5) is 0 Å². The van der Waals surface area contributed by atoms with Crippen LogP contribution in [0.25, 0.3) is 5.69 Å². The number of aromatic nitrogens is 3. The fraction of sp³-hybridized carbons (Fsp3) is 0.318. The minimum Gasteiger partial charge on any atom is -0.493 e. The van der Waals surface area contributed by atoms with E-state index in [2.05, 4.69) is 23.8 Å². The van der Waals surface area contributed by atoms with Gasteiger partial charge in [-0.15, -0.1) is 11.8 Å². The van der Waals surface area contributed by atoms with Gasteiger partial charge in [-0.25, -0.2) is 4.98 Å². The number of aryl methyl sites for hydroxylation is 1. The summed E-state index contributed by atoms with van der Waals surface area (Å²) in [6, 6.07) is 11.3. The number of rotatable bonds is 9. The van der Waals surface area contributed by atoms with E-state index in [1.54, 1.807) is 36.3 Å². The summed E-state index contributed by atoms with van der Waals surface area (Å²) in [5.74, 6) is 2.40. The quantitative estimate of drug-likeness (QED) is 0.496. The monoisotopic (exact) mass is 411 g/mol. The van der Waals surface area contributed by atoms with Gasteiger partial charge in [-0.1, -0.05) is 19.9 Å². The number of ether oxygens (including phenoxy) is 2. The van der Waals surface area contributed by atoms with Crippen molar-refractivity contribution in [2.75, 3.05) is 19.5 Å². The standard InChI is InChI=1S/C22H25N3O3S/c1-16(2)15-28-19-8-7-18(14-20(19)27-3)25-12-11-24-21(22(25)26)29-13-9-17-6-4-5-10-23-17/h4-8,10-12,14,16H,9,13,15H2,1-3H3. The van der Waals surface area contributed by atoms with Crippen LogP contribution in [-0.4, -0.2) is 34.0 Å². The Morgan fingerprint density at radius 3 is 2.69 bits per heavy atom. The molecule has 0 unspecified atom stereocenters. The maximum Gasteiger partial charge on any atom is 0.287 e. The van der Waals surface area contributed by atoms with Crippen molar-refractivity contribution in [2.24, 2.45) is 5.92 Å². The molecule has 0 spiro atoms. The Hall–Kier alpha value is -2.80. The molecule has 29 heavy (non-hydrogen) atoms. The average molecular weight is 412 g/mol. The largest absolute Gasteiger partial charge is 0.493 e. The summed E-state index contributed by atoms with van der Waals surface area (Å²) < 4.78 is 12.8. The maximum absolute atomic E-state index is 12.9. The Kier molecular flexibility index (Phi) is 7.30. The normalized spacial score (nSPS) is 10.9. The molecule has 7 heteroatoms. The van der Waals surface area contributed by atoms with E-state index in [1.165, 1.54) is 11.8 Å². The van der Waals surface area contributed by atoms with Gasteiger partial charge in [-0.05, 0) is 36.6 Å². The molecule has 6 nitrogen and oxygen atoms in total. The Labute approximate surface area is 174 Å². The fourth-order valence-electron chi connectivity index (χ4n) is 2.68. The molecule has 0 N–H and O–H groups in total. The van der Waals surface area contributed by atoms with Gasteiger partial charge in [0.2, 0.25) is 0 Å². The maximum atomic E-state index is 12.9. The first-order valence-electron chi connectivity index (χ1n) is 9.50. The van der Waals surface area contributed by atoms with Gasteiger partial charge in [0, 0.05) is 36.1 Å². The van der Waals surface area contributed by atoms with Crippen LogP contribution in [0.2, 0.25) is 0 Å². The molecule has 0 radical (unpaired) electrons. The van der Waals surface area contributed by atoms with Crippen LogP contribution in [0.1, 0.15) is 19.5 Å². The predicted molar refractivity (Wildman–Crippen MR) is 115 cm³/mol. The van der Waals surface area contributed by atoms with Crippen molar-refractivity contribution in [1.82, 2.24) is 14.5 Å². The van der Waals surface area contributed by atoms with Crippen molar-refractivity contribution in [3.8, 4) is 17.2 Å². The second-order valence-electron chi connectivity index (χ2n) is 6.87. The molecule has 0 bridgehead atoms. The van der Waals surface area contributed by atoms with Gasteiger partial charge in [0.25, 0.3) is 5.56 Å². The topological polar surface area (TPSA) is 66.2 Å². The van der Waals surface area contributed by atoms with Crippen molar-refractivity contribution in [1.29, 1.82) is 0 Å². The van der Waals surface area contributed by atoms with E-state index in [0.717, 1.165) is 17.9 Å². The van der Waals surface area contributed by atoms with E-state index in [4.69, 9.17) is 9.47 Å². The first-order valence-corrected chi connectivity index (χ1v) is 10.5. The molecule has 152 valence electrons. The zero-order chi connectivity index (χ0) is 20.6. The second-order valence-corrected chi connectivity index (χ2v) is 7.95. The average Bonchev–Trinajstić information content (AvgIpc) is 2.74. The number of hydrogen-bond donors (Lipinski definition) is 0. The highest BCUT2D eigenvalue weighted by atomic mass is 32.2. The highest BCUT2D eigenvalue weighted by Gasteiger charge is 2.11. The van der Waals surface area contributed by atoms with Gasteiger partial charge in [0.15, 0.2) is 16.5 Å². The zero-order valence-electron chi connectivity index (χ0n) is 16.9. The molecule has 1 aromatic carbocycles. The molecule has 0 amide bonds. The molecule has 0 aliphatic rings. The first-order chi connectivity index (χ1) is 14.1. The van der Waals surface area contributed by atoms with Crippen molar-refractivity contribution >= 4 is 11.8 Å². The lowest BCUT2D eigenvalue weighted by Gasteiger charge is -2.14. The summed E-state index contributed by atoms with van der Waals surface area (Å²) in [5.41, 5.74) is 1.55. The summed E-state index contributed by atoms with van der Waals surface area (Å²) in [7, 11) is 1.59. The van der Waals surface area contributed by atoms with Gasteiger partial charge in [-0.3, -0.25) is 14.3 Å². The van der Waals surface area contributed by atoms with Crippen molar-refractivity contribution in [3.05, 3.63) is 71.0 Å². The number of nitrogens with zero attached hydrogens (tertiary/aromatic N) is 3. The van der Waals surface area contributed by atoms with Crippen LogP contribution in [-0.2, 0) is 6.42 Å². The van der Waals surface area contributed by atoms with E-state index in [9.17, 15) is 4.79 Å². The third kappa shape index (κ3) is 5.60. The van der Waals surface area contributed by atoms with E-state index in [1.807, 2.05) is 30.3 Å². The molecule has 0 aliphatic carbocycles. The van der Waals surface area contributed by atoms with Gasteiger partial charge in [-0.2, -0.15) is 0 Å². The minimum atomic E-state index is -0.156. The van der Waals surface area contributed by atoms with E-state index in [0.29, 0.717) is 34.7 Å². The smallest absolute Gasteiger partial charge is 0.287 e. The highest BCUT2D eigenvalue weighted by Crippen LogP contribution is 2.29. The van der Waals surface area contributed by atoms with Crippen LogP contribution in [0, 0.1) is 5.92 Å². The predicted octanol–water partition coefficient (Wildman–Crippen LogP) is 4.01. The van der Waals surface area contributed by atoms with Crippen LogP contribution in [0.15, 0.2) is 64.8 Å². The van der Waals surface area contributed by atoms with E-state index in [-0.39, 0.29) is 5.56 Å². The Balaban J connectivity index is 1.77. The SMILES string of the molecule is COc1cc(-n2ccnc(SCCc3ccccn3)c2=O)ccc1OCC(C)C. The molecule has 2 aromatic heterocycles. The van der Waals surface area contributed by atoms with Crippen LogP contribution in [0.5, 0.6) is 11.5 Å². The van der Waals surface area contributed by atoms with Gasteiger partial charge in [0.05, 0.1) is 19.4 Å². The molecule has 0 fully saturated rings. The molecule has 0 atom stereocenters. The van der Waals surface area contributed by atoms with E-state index >= 15 is 0 Å². The Bertz CT molecular complexity index is 990. The van der Waals surface area contributed by atoms with Crippen LogP contribution >= 0.6 is 11.8 Å². The highest BCUT2D eigenvalue weighted by molar-refractivity contribution is 7.99. The van der Waals surface area contributed by atoms with Gasteiger partial charge < -0.3 is 9.47 Å². The number of benzene rings is 1. The third-order valence-electron chi connectivity index (χ3n) is 4.13. The molecule has 0 saturated heterocycles. The number of methoxy groups -OCH3 is 1. The van der Waals surface area contributed by atoms with Gasteiger partial charge in [0.1, 0.15) is 0 Å². The first kappa shape index (κ1) is 20.9. The second kappa shape index (κ2) is 10.1. The van der Waals surface area contributed by atoms with Crippen molar-refractivity contribution < 1.29 is 9.47 Å². The van der Waals surface area contributed by atoms with E-state index < -0.39 is 0 Å². The summed E-state index contributed by atoms with van der Waals surface area (Å²) in [5, 5.41) is 0.461. The number of pyridine rings is 1. The summed E-state index contributed by atoms with van der Waals surface area (Å²) in [6.07, 6.45) is 5.85. The number of hydrogen-bond acceptors (Lipinski definition) is 6. The zero-order valence-corrected chi connectivity index (χ0v) is 17.7. The molecular formula is C22H25N3O3S. The fourth-order valence-corrected chi connectivity index (χ4v) is 3.54.